The van der Waals surface area contributed by atoms with Crippen LogP contribution in [0.25, 0.3) is 94.6 Å². The minimum atomic E-state index is -0.785. The van der Waals surface area contributed by atoms with Crippen LogP contribution in [-0.2, 0) is 10.8 Å². The van der Waals surface area contributed by atoms with Crippen molar-refractivity contribution < 1.29 is 0 Å². The predicted molar refractivity (Wildman–Crippen MR) is 468 cm³/mol. The minimum absolute atomic E-state index is 0.0876. The van der Waals surface area contributed by atoms with Gasteiger partial charge >= 0.3 is 0 Å². The van der Waals surface area contributed by atoms with Gasteiger partial charge in [-0.15, -0.1) is 0 Å². The number of para-hydroxylation sites is 2. The Morgan fingerprint density at radius 3 is 1.02 bits per heavy atom. The predicted octanol–water partition coefficient (Wildman–Crippen LogP) is 28.1. The SMILES string of the molecule is CC1(N(c2ccccc2)c2cccc3c2-c2ccccc2C32c3ccccc3-c3ccccc32)C2=C(c3c(-c4ccccc4)cccc3-c3ccccc3)c3ccc(N(c4ccccc4)c4cccc5c4-c4ccccc4C54c5ccccc5-c5ccccc54)cc3[C@@H](c3c(-c4ccccc4)cccc3-c3ccccc3)C1C2. The lowest BCUT2D eigenvalue weighted by Gasteiger charge is -2.59. The first-order chi connectivity index (χ1) is 56.0. The molecule has 2 bridgehead atoms. The van der Waals surface area contributed by atoms with Crippen molar-refractivity contribution in [3.8, 4) is 89.0 Å². The fourth-order valence-electron chi connectivity index (χ4n) is 22.0. The Kier molecular flexibility index (Phi) is 14.6. The van der Waals surface area contributed by atoms with Gasteiger partial charge in [0.05, 0.1) is 27.7 Å². The van der Waals surface area contributed by atoms with E-state index >= 15 is 0 Å². The molecule has 1 saturated carbocycles. The summed E-state index contributed by atoms with van der Waals surface area (Å²) in [7, 11) is 0. The van der Waals surface area contributed by atoms with Crippen LogP contribution in [0.15, 0.2) is 424 Å². The molecule has 0 N–H and O–H groups in total. The fraction of sp³-hybridized carbons (Fsp3) is 0.0631. The smallest absolute Gasteiger partial charge is 0.0726 e. The van der Waals surface area contributed by atoms with Gasteiger partial charge in [-0.1, -0.05) is 370 Å². The number of hydrogen-bond donors (Lipinski definition) is 0. The maximum absolute atomic E-state index is 2.87. The molecule has 3 atom stereocenters. The van der Waals surface area contributed by atoms with Crippen LogP contribution in [0.1, 0.15) is 86.0 Å². The molecule has 0 radical (unpaired) electrons. The average molecular weight is 1440 g/mol. The quantitative estimate of drug-likeness (QED) is 0.120. The summed E-state index contributed by atoms with van der Waals surface area (Å²) in [4.78, 5) is 5.49. The first kappa shape index (κ1) is 65.0. The van der Waals surface area contributed by atoms with Crippen LogP contribution in [-0.4, -0.2) is 5.54 Å². The molecule has 6 aliphatic rings. The van der Waals surface area contributed by atoms with Crippen LogP contribution >= 0.6 is 0 Å². The molecule has 23 rings (SSSR count). The maximum Gasteiger partial charge on any atom is 0.0726 e. The van der Waals surface area contributed by atoms with Crippen LogP contribution in [0.2, 0.25) is 0 Å². The zero-order valence-electron chi connectivity index (χ0n) is 62.6. The number of hydrogen-bond acceptors (Lipinski definition) is 2. The van der Waals surface area contributed by atoms with Crippen molar-refractivity contribution >= 4 is 34.0 Å². The molecule has 17 aromatic carbocycles. The van der Waals surface area contributed by atoms with E-state index in [1.165, 1.54) is 173 Å². The molecular weight excluding hydrogens is 1360 g/mol. The fourth-order valence-corrected chi connectivity index (χ4v) is 22.0. The van der Waals surface area contributed by atoms with Crippen LogP contribution < -0.4 is 9.80 Å². The third-order valence-corrected chi connectivity index (χ3v) is 26.4. The maximum atomic E-state index is 2.87. The lowest BCUT2D eigenvalue weighted by atomic mass is 9.55. The normalized spacial score (nSPS) is 16.6. The van der Waals surface area contributed by atoms with Crippen LogP contribution in [0, 0.1) is 5.92 Å². The third kappa shape index (κ3) is 9.12. The Morgan fingerprint density at radius 2 is 0.575 bits per heavy atom. The molecule has 0 aromatic heterocycles. The van der Waals surface area contributed by atoms with Gasteiger partial charge in [0.2, 0.25) is 0 Å². The van der Waals surface area contributed by atoms with Gasteiger partial charge in [0.25, 0.3) is 0 Å². The van der Waals surface area contributed by atoms with E-state index < -0.39 is 16.4 Å². The highest BCUT2D eigenvalue weighted by Gasteiger charge is 2.62. The number of anilines is 5. The zero-order valence-corrected chi connectivity index (χ0v) is 62.6. The van der Waals surface area contributed by atoms with Gasteiger partial charge in [0.15, 0.2) is 0 Å². The molecule has 6 aliphatic carbocycles. The molecule has 0 saturated heterocycles. The number of nitrogens with zero attached hydrogens (tertiary/aromatic N) is 2. The molecule has 1 fully saturated rings. The molecule has 113 heavy (non-hydrogen) atoms. The summed E-state index contributed by atoms with van der Waals surface area (Å²) < 4.78 is 0. The first-order valence-corrected chi connectivity index (χ1v) is 39.9. The summed E-state index contributed by atoms with van der Waals surface area (Å²) in [5.74, 6) is -0.355. The third-order valence-electron chi connectivity index (χ3n) is 26.4. The molecule has 0 amide bonds. The Bertz CT molecular complexity index is 6530. The molecule has 530 valence electrons. The molecule has 2 spiro atoms. The lowest BCUT2D eigenvalue weighted by molar-refractivity contribution is 0.220. The number of benzene rings is 17. The summed E-state index contributed by atoms with van der Waals surface area (Å²) in [6, 6.07) is 160. The number of rotatable bonds is 12. The van der Waals surface area contributed by atoms with E-state index in [1.807, 2.05) is 0 Å². The Morgan fingerprint density at radius 1 is 0.248 bits per heavy atom. The minimum Gasteiger partial charge on any atom is -0.331 e. The average Bonchev–Trinajstić information content (AvgIpc) is 1.49. The van der Waals surface area contributed by atoms with Gasteiger partial charge in [-0.2, -0.15) is 0 Å². The van der Waals surface area contributed by atoms with E-state index in [0.717, 1.165) is 29.2 Å². The highest BCUT2D eigenvalue weighted by Crippen LogP contribution is 2.71. The van der Waals surface area contributed by atoms with Crippen molar-refractivity contribution in [2.24, 2.45) is 5.92 Å². The van der Waals surface area contributed by atoms with Gasteiger partial charge in [0.1, 0.15) is 0 Å². The van der Waals surface area contributed by atoms with E-state index in [9.17, 15) is 0 Å². The molecular formula is C111H76N2. The van der Waals surface area contributed by atoms with Crippen LogP contribution in [0.3, 0.4) is 0 Å². The molecule has 2 heteroatoms. The zero-order chi connectivity index (χ0) is 74.5. The van der Waals surface area contributed by atoms with E-state index in [2.05, 4.69) is 435 Å². The van der Waals surface area contributed by atoms with E-state index in [0.29, 0.717) is 0 Å². The Balaban J connectivity index is 0.862. The molecule has 0 aliphatic heterocycles. The van der Waals surface area contributed by atoms with Gasteiger partial charge < -0.3 is 9.80 Å². The monoisotopic (exact) mass is 1440 g/mol. The standard InChI is InChI=1S/C111H76N2/c1-109(113(77-46-18-7-19-47-77)102-67-35-65-98-106(102)89-53-25-31-63-96(89)111(98)93-60-28-22-50-85(93)86-51-23-29-61-94(86)111)99-71-100(109)108(104-81(74-40-12-4-13-41-74)56-33-57-82(104)75-42-14-5-15-43-75)90-70-78(68-69-87(90)107(99)103-79(72-36-8-2-9-37-72)54-32-55-80(103)73-38-10-3-11-39-73)112(76-44-16-6-17-45-76)101-66-34-64-97-105(101)88-52-24-30-62-95(88)110(97)91-58-26-20-48-83(91)84-49-21-27-59-92(84)110/h2-70,100,108H,71H2,1H3/t100?,108-,109?/m1/s1. The summed E-state index contributed by atoms with van der Waals surface area (Å²) in [6.07, 6.45) is 0.797. The molecule has 0 heterocycles. The van der Waals surface area contributed by atoms with Crippen molar-refractivity contribution in [2.45, 2.75) is 35.6 Å². The second kappa shape index (κ2) is 25.3. The summed E-state index contributed by atoms with van der Waals surface area (Å²) >= 11 is 0. The highest BCUT2D eigenvalue weighted by atomic mass is 15.2. The van der Waals surface area contributed by atoms with Crippen LogP contribution in [0.5, 0.6) is 0 Å². The van der Waals surface area contributed by atoms with Crippen molar-refractivity contribution in [1.29, 1.82) is 0 Å². The lowest BCUT2D eigenvalue weighted by Crippen LogP contribution is -2.60. The Hall–Kier alpha value is -13.9. The van der Waals surface area contributed by atoms with Crippen molar-refractivity contribution in [3.05, 3.63) is 491 Å². The summed E-state index contributed by atoms with van der Waals surface area (Å²) in [6.45, 7) is 2.66. The highest BCUT2D eigenvalue weighted by molar-refractivity contribution is 6.06. The second-order valence-corrected chi connectivity index (χ2v) is 31.5. The van der Waals surface area contributed by atoms with Gasteiger partial charge in [-0.25, -0.2) is 0 Å². The summed E-state index contributed by atoms with van der Waals surface area (Å²) in [5.41, 5.74) is 41.7. The van der Waals surface area contributed by atoms with Crippen molar-refractivity contribution in [2.75, 3.05) is 9.80 Å². The molecule has 17 aromatic rings. The van der Waals surface area contributed by atoms with Crippen molar-refractivity contribution in [3.63, 3.8) is 0 Å². The largest absolute Gasteiger partial charge is 0.331 e. The van der Waals surface area contributed by atoms with Crippen LogP contribution in [0.4, 0.5) is 28.4 Å². The molecule has 2 unspecified atom stereocenters. The van der Waals surface area contributed by atoms with E-state index in [4.69, 9.17) is 0 Å². The van der Waals surface area contributed by atoms with Gasteiger partial charge in [-0.05, 0) is 218 Å². The summed E-state index contributed by atoms with van der Waals surface area (Å²) in [5, 5.41) is 0. The topological polar surface area (TPSA) is 6.48 Å². The van der Waals surface area contributed by atoms with Crippen molar-refractivity contribution in [1.82, 2.24) is 0 Å². The first-order valence-electron chi connectivity index (χ1n) is 39.9. The van der Waals surface area contributed by atoms with Gasteiger partial charge in [0, 0.05) is 40.0 Å². The van der Waals surface area contributed by atoms with E-state index in [-0.39, 0.29) is 11.8 Å². The number of fused-ring (bicyclic) bond motifs is 23. The molecule has 2 nitrogen and oxygen atoms in total. The van der Waals surface area contributed by atoms with E-state index in [1.54, 1.807) is 0 Å². The second-order valence-electron chi connectivity index (χ2n) is 31.5. The van der Waals surface area contributed by atoms with Gasteiger partial charge in [-0.3, -0.25) is 0 Å². The Labute approximate surface area is 660 Å².